The molecule has 114 valence electrons. The molecular weight excluding hydrogens is 248 g/mol. The van der Waals surface area contributed by atoms with Gasteiger partial charge in [-0.25, -0.2) is 0 Å². The number of aliphatic hydroxyl groups is 3. The molecule has 0 amide bonds. The maximum atomic E-state index is 11.5. The van der Waals surface area contributed by atoms with Crippen LogP contribution in [0, 0.1) is 5.41 Å². The lowest BCUT2D eigenvalue weighted by Gasteiger charge is -2.27. The molecule has 1 atom stereocenters. The van der Waals surface area contributed by atoms with Gasteiger partial charge in [0, 0.05) is 6.42 Å². The fourth-order valence-electron chi connectivity index (χ4n) is 1.66. The lowest BCUT2D eigenvalue weighted by molar-refractivity contribution is -0.149. The molecule has 5 nitrogen and oxygen atoms in total. The van der Waals surface area contributed by atoms with Crippen molar-refractivity contribution in [2.24, 2.45) is 5.41 Å². The molecule has 0 aromatic heterocycles. The molecule has 0 saturated carbocycles. The summed E-state index contributed by atoms with van der Waals surface area (Å²) in [5, 5.41) is 27.5. The first-order valence-corrected chi connectivity index (χ1v) is 7.05. The highest BCUT2D eigenvalue weighted by Crippen LogP contribution is 2.21. The van der Waals surface area contributed by atoms with Gasteiger partial charge in [-0.05, 0) is 26.2 Å². The monoisotopic (exact) mass is 276 g/mol. The molecule has 0 fully saturated rings. The second kappa shape index (κ2) is 10.2. The summed E-state index contributed by atoms with van der Waals surface area (Å²) in [4.78, 5) is 11.5. The molecule has 0 aromatic rings. The Bertz CT molecular complexity index is 228. The third-order valence-electron chi connectivity index (χ3n) is 3.46. The van der Waals surface area contributed by atoms with Crippen molar-refractivity contribution in [3.8, 4) is 0 Å². The predicted octanol–water partition coefficient (Wildman–Crippen LogP) is 1.24. The molecule has 0 aliphatic rings. The van der Waals surface area contributed by atoms with Gasteiger partial charge >= 0.3 is 5.97 Å². The molecule has 0 aliphatic carbocycles. The van der Waals surface area contributed by atoms with Crippen LogP contribution in [0.3, 0.4) is 0 Å². The van der Waals surface area contributed by atoms with Gasteiger partial charge in [0.25, 0.3) is 0 Å². The number of esters is 1. The van der Waals surface area contributed by atoms with Crippen molar-refractivity contribution in [3.05, 3.63) is 0 Å². The van der Waals surface area contributed by atoms with Gasteiger partial charge in [0.05, 0.1) is 24.7 Å². The van der Waals surface area contributed by atoms with Crippen molar-refractivity contribution < 1.29 is 24.9 Å². The summed E-state index contributed by atoms with van der Waals surface area (Å²) in [6.45, 7) is 3.27. The van der Waals surface area contributed by atoms with Crippen LogP contribution in [0.15, 0.2) is 0 Å². The zero-order valence-electron chi connectivity index (χ0n) is 12.1. The second-order valence-corrected chi connectivity index (χ2v) is 5.28. The van der Waals surface area contributed by atoms with E-state index in [0.29, 0.717) is 12.8 Å². The predicted molar refractivity (Wildman–Crippen MR) is 72.6 cm³/mol. The minimum atomic E-state index is -0.720. The number of hydrogen-bond donors (Lipinski definition) is 3. The molecule has 1 unspecified atom stereocenters. The van der Waals surface area contributed by atoms with Crippen molar-refractivity contribution in [3.63, 3.8) is 0 Å². The van der Waals surface area contributed by atoms with E-state index in [1.165, 1.54) is 0 Å². The maximum absolute atomic E-state index is 11.5. The van der Waals surface area contributed by atoms with E-state index in [1.807, 2.05) is 6.92 Å². The summed E-state index contributed by atoms with van der Waals surface area (Å²) in [5.74, 6) is -0.295. The van der Waals surface area contributed by atoms with Gasteiger partial charge in [-0.3, -0.25) is 4.79 Å². The highest BCUT2D eigenvalue weighted by molar-refractivity contribution is 5.69. The second-order valence-electron chi connectivity index (χ2n) is 5.28. The highest BCUT2D eigenvalue weighted by atomic mass is 16.5. The molecule has 5 heteroatoms. The number of rotatable bonds is 11. The van der Waals surface area contributed by atoms with E-state index in [4.69, 9.17) is 9.84 Å². The molecule has 0 rings (SSSR count). The first-order valence-electron chi connectivity index (χ1n) is 7.05. The van der Waals surface area contributed by atoms with Crippen LogP contribution in [0.5, 0.6) is 0 Å². The Morgan fingerprint density at radius 3 is 2.32 bits per heavy atom. The summed E-state index contributed by atoms with van der Waals surface area (Å²) < 4.78 is 5.10. The molecule has 0 spiro atoms. The number of carbonyl (C=O) groups excluding carboxylic acids is 1. The van der Waals surface area contributed by atoms with Crippen molar-refractivity contribution >= 4 is 5.97 Å². The van der Waals surface area contributed by atoms with Gasteiger partial charge < -0.3 is 20.1 Å². The van der Waals surface area contributed by atoms with Crippen LogP contribution >= 0.6 is 0 Å². The summed E-state index contributed by atoms with van der Waals surface area (Å²) in [7, 11) is 0. The first-order chi connectivity index (χ1) is 8.99. The van der Waals surface area contributed by atoms with E-state index in [9.17, 15) is 15.0 Å². The summed E-state index contributed by atoms with van der Waals surface area (Å²) in [6, 6.07) is 0. The van der Waals surface area contributed by atoms with Gasteiger partial charge in [0.15, 0.2) is 0 Å². The Labute approximate surface area is 115 Å². The van der Waals surface area contributed by atoms with Gasteiger partial charge in [0.1, 0.15) is 6.61 Å². The minimum Gasteiger partial charge on any atom is -0.465 e. The van der Waals surface area contributed by atoms with Crippen LogP contribution in [0.2, 0.25) is 0 Å². The van der Waals surface area contributed by atoms with E-state index in [0.717, 1.165) is 25.7 Å². The van der Waals surface area contributed by atoms with Gasteiger partial charge in [-0.1, -0.05) is 19.8 Å². The fraction of sp³-hybridized carbons (Fsp3) is 0.929. The van der Waals surface area contributed by atoms with E-state index in [-0.39, 0.29) is 31.9 Å². The molecular formula is C14H28O5. The standard InChI is InChI=1S/C14H28O5/c1-3-14(9-15,10-16)11-19-13(18)8-6-4-5-7-12(2)17/h12,15-17H,3-11H2,1-2H3. The quantitative estimate of drug-likeness (QED) is 0.390. The van der Waals surface area contributed by atoms with Crippen molar-refractivity contribution in [2.45, 2.75) is 58.5 Å². The average molecular weight is 276 g/mol. The highest BCUT2D eigenvalue weighted by Gasteiger charge is 2.28. The molecule has 19 heavy (non-hydrogen) atoms. The van der Waals surface area contributed by atoms with Gasteiger partial charge in [-0.2, -0.15) is 0 Å². The van der Waals surface area contributed by atoms with E-state index in [1.54, 1.807) is 6.92 Å². The van der Waals surface area contributed by atoms with Crippen LogP contribution in [-0.4, -0.2) is 47.2 Å². The molecule has 3 N–H and O–H groups in total. The number of carbonyl (C=O) groups is 1. The molecule has 0 heterocycles. The van der Waals surface area contributed by atoms with E-state index >= 15 is 0 Å². The van der Waals surface area contributed by atoms with Crippen molar-refractivity contribution in [1.82, 2.24) is 0 Å². The zero-order chi connectivity index (χ0) is 14.7. The Morgan fingerprint density at radius 2 is 1.84 bits per heavy atom. The topological polar surface area (TPSA) is 87.0 Å². The van der Waals surface area contributed by atoms with E-state index < -0.39 is 5.41 Å². The lowest BCUT2D eigenvalue weighted by atomic mass is 9.88. The third-order valence-corrected chi connectivity index (χ3v) is 3.46. The Kier molecular flexibility index (Phi) is 9.83. The van der Waals surface area contributed by atoms with Gasteiger partial charge in [-0.15, -0.1) is 0 Å². The van der Waals surface area contributed by atoms with Crippen molar-refractivity contribution in [2.75, 3.05) is 19.8 Å². The van der Waals surface area contributed by atoms with Crippen LogP contribution < -0.4 is 0 Å². The Balaban J connectivity index is 3.74. The van der Waals surface area contributed by atoms with Crippen molar-refractivity contribution in [1.29, 1.82) is 0 Å². The van der Waals surface area contributed by atoms with Gasteiger partial charge in [0.2, 0.25) is 0 Å². The Morgan fingerprint density at radius 1 is 1.21 bits per heavy atom. The van der Waals surface area contributed by atoms with E-state index in [2.05, 4.69) is 0 Å². The summed E-state index contributed by atoms with van der Waals surface area (Å²) in [5.41, 5.74) is -0.720. The van der Waals surface area contributed by atoms with Crippen LogP contribution in [0.25, 0.3) is 0 Å². The molecule has 0 bridgehead atoms. The Hall–Kier alpha value is -0.650. The SMILES string of the molecule is CCC(CO)(CO)COC(=O)CCCCCC(C)O. The molecule has 0 aromatic carbocycles. The first kappa shape index (κ1) is 18.4. The lowest BCUT2D eigenvalue weighted by Crippen LogP contribution is -2.35. The zero-order valence-corrected chi connectivity index (χ0v) is 12.1. The normalized spacial score (nSPS) is 13.3. The third kappa shape index (κ3) is 8.18. The van der Waals surface area contributed by atoms with Crippen LogP contribution in [0.4, 0.5) is 0 Å². The molecule has 0 aliphatic heterocycles. The smallest absolute Gasteiger partial charge is 0.305 e. The molecule has 0 radical (unpaired) electrons. The number of aliphatic hydroxyl groups excluding tert-OH is 3. The number of unbranched alkanes of at least 4 members (excludes halogenated alkanes) is 2. The number of hydrogen-bond acceptors (Lipinski definition) is 5. The summed E-state index contributed by atoms with van der Waals surface area (Å²) in [6.07, 6.45) is 3.89. The van der Waals surface area contributed by atoms with Crippen LogP contribution in [-0.2, 0) is 9.53 Å². The largest absolute Gasteiger partial charge is 0.465 e. The fourth-order valence-corrected chi connectivity index (χ4v) is 1.66. The number of ether oxygens (including phenoxy) is 1. The van der Waals surface area contributed by atoms with Crippen LogP contribution in [0.1, 0.15) is 52.4 Å². The average Bonchev–Trinajstić information content (AvgIpc) is 2.40. The summed E-state index contributed by atoms with van der Waals surface area (Å²) >= 11 is 0. The molecule has 0 saturated heterocycles. The minimum absolute atomic E-state index is 0.0585. The maximum Gasteiger partial charge on any atom is 0.305 e.